The first-order valence-corrected chi connectivity index (χ1v) is 10.0. The van der Waals surface area contributed by atoms with E-state index in [1.807, 2.05) is 30.3 Å². The molecule has 0 aromatic heterocycles. The number of fused-ring (bicyclic) bond motifs is 4. The van der Waals surface area contributed by atoms with E-state index < -0.39 is 0 Å². The van der Waals surface area contributed by atoms with E-state index in [1.54, 1.807) is 11.8 Å². The second-order valence-corrected chi connectivity index (χ2v) is 7.95. The van der Waals surface area contributed by atoms with Crippen molar-refractivity contribution in [3.8, 4) is 22.6 Å². The number of rotatable bonds is 1. The van der Waals surface area contributed by atoms with Crippen molar-refractivity contribution in [3.05, 3.63) is 84.9 Å². The summed E-state index contributed by atoms with van der Waals surface area (Å²) in [7, 11) is 0. The zero-order chi connectivity index (χ0) is 18.5. The van der Waals surface area contributed by atoms with Crippen LogP contribution in [-0.4, -0.2) is 0 Å². The van der Waals surface area contributed by atoms with Crippen molar-refractivity contribution in [2.75, 3.05) is 10.6 Å². The summed E-state index contributed by atoms with van der Waals surface area (Å²) >= 11 is 1.81. The molecule has 4 aromatic rings. The van der Waals surface area contributed by atoms with Crippen LogP contribution >= 0.6 is 11.8 Å². The van der Waals surface area contributed by atoms with E-state index in [4.69, 9.17) is 4.74 Å². The lowest BCUT2D eigenvalue weighted by atomic mass is 10.0. The van der Waals surface area contributed by atoms with Gasteiger partial charge in [-0.1, -0.05) is 48.2 Å². The standard InChI is InChI=1S/C24H16N2OS/c1-3-7-21-17(5-1)25-19-13-15(9-11-22(19)27-21)16-10-12-24-20(14-16)26-18-6-2-4-8-23(18)28-24/h1-14,25-26H. The van der Waals surface area contributed by atoms with Crippen LogP contribution in [0.3, 0.4) is 0 Å². The third-order valence-corrected chi connectivity index (χ3v) is 6.20. The van der Waals surface area contributed by atoms with E-state index in [9.17, 15) is 0 Å². The average molecular weight is 380 g/mol. The summed E-state index contributed by atoms with van der Waals surface area (Å²) in [6, 6.07) is 29.3. The Hall–Kier alpha value is -3.37. The molecule has 28 heavy (non-hydrogen) atoms. The maximum atomic E-state index is 6.02. The van der Waals surface area contributed by atoms with Crippen LogP contribution in [0.4, 0.5) is 22.7 Å². The predicted octanol–water partition coefficient (Wildman–Crippen LogP) is 7.41. The number of para-hydroxylation sites is 3. The molecule has 3 nitrogen and oxygen atoms in total. The predicted molar refractivity (Wildman–Crippen MR) is 116 cm³/mol. The van der Waals surface area contributed by atoms with Crippen molar-refractivity contribution in [1.82, 2.24) is 0 Å². The van der Waals surface area contributed by atoms with Crippen LogP contribution in [0.2, 0.25) is 0 Å². The summed E-state index contributed by atoms with van der Waals surface area (Å²) in [4.78, 5) is 2.51. The summed E-state index contributed by atoms with van der Waals surface area (Å²) < 4.78 is 6.02. The van der Waals surface area contributed by atoms with Crippen LogP contribution < -0.4 is 15.4 Å². The first-order valence-electron chi connectivity index (χ1n) is 9.20. The van der Waals surface area contributed by atoms with Crippen LogP contribution in [0, 0.1) is 0 Å². The Bertz CT molecular complexity index is 1140. The number of nitrogens with one attached hydrogen (secondary N) is 2. The number of anilines is 4. The van der Waals surface area contributed by atoms with Gasteiger partial charge in [-0.2, -0.15) is 0 Å². The van der Waals surface area contributed by atoms with Gasteiger partial charge in [0, 0.05) is 9.79 Å². The van der Waals surface area contributed by atoms with Gasteiger partial charge in [-0.25, -0.2) is 0 Å². The first-order chi connectivity index (χ1) is 13.8. The Morgan fingerprint density at radius 2 is 1.18 bits per heavy atom. The van der Waals surface area contributed by atoms with Crippen LogP contribution in [-0.2, 0) is 0 Å². The van der Waals surface area contributed by atoms with Crippen molar-refractivity contribution >= 4 is 34.5 Å². The lowest BCUT2D eigenvalue weighted by Crippen LogP contribution is -2.02. The fraction of sp³-hybridized carbons (Fsp3) is 0. The van der Waals surface area contributed by atoms with Gasteiger partial charge < -0.3 is 15.4 Å². The van der Waals surface area contributed by atoms with Crippen molar-refractivity contribution in [2.45, 2.75) is 9.79 Å². The Morgan fingerprint density at radius 1 is 0.536 bits per heavy atom. The Kier molecular flexibility index (Phi) is 3.40. The lowest BCUT2D eigenvalue weighted by molar-refractivity contribution is 0.481. The number of hydrogen-bond acceptors (Lipinski definition) is 4. The fourth-order valence-electron chi connectivity index (χ4n) is 3.64. The van der Waals surface area contributed by atoms with Crippen LogP contribution in [0.5, 0.6) is 11.5 Å². The molecule has 0 spiro atoms. The van der Waals surface area contributed by atoms with E-state index in [0.717, 1.165) is 39.8 Å². The van der Waals surface area contributed by atoms with Crippen molar-refractivity contribution in [1.29, 1.82) is 0 Å². The minimum atomic E-state index is 0.850. The Balaban J connectivity index is 1.36. The highest BCUT2D eigenvalue weighted by molar-refractivity contribution is 7.99. The fourth-order valence-corrected chi connectivity index (χ4v) is 4.61. The quantitative estimate of drug-likeness (QED) is 0.311. The molecule has 2 aliphatic rings. The first kappa shape index (κ1) is 15.7. The van der Waals surface area contributed by atoms with Crippen LogP contribution in [0.15, 0.2) is 94.7 Å². The highest BCUT2D eigenvalue weighted by atomic mass is 32.2. The SMILES string of the molecule is c1ccc2c(c1)Nc1cc(-c3ccc4c(c3)Nc3ccccc3S4)ccc1O2. The molecule has 134 valence electrons. The molecule has 0 fully saturated rings. The third-order valence-electron chi connectivity index (χ3n) is 5.05. The van der Waals surface area contributed by atoms with Gasteiger partial charge in [-0.3, -0.25) is 0 Å². The molecule has 0 atom stereocenters. The topological polar surface area (TPSA) is 33.3 Å². The maximum Gasteiger partial charge on any atom is 0.151 e. The molecule has 0 aliphatic carbocycles. The summed E-state index contributed by atoms with van der Waals surface area (Å²) in [5, 5.41) is 7.05. The van der Waals surface area contributed by atoms with Crippen molar-refractivity contribution in [2.24, 2.45) is 0 Å². The zero-order valence-electron chi connectivity index (χ0n) is 14.9. The Labute approximate surface area is 167 Å². The summed E-state index contributed by atoms with van der Waals surface area (Å²) in [5.41, 5.74) is 6.62. The second-order valence-electron chi connectivity index (χ2n) is 6.87. The van der Waals surface area contributed by atoms with Gasteiger partial charge in [-0.05, 0) is 59.7 Å². The molecule has 0 bridgehead atoms. The van der Waals surface area contributed by atoms with Crippen LogP contribution in [0.1, 0.15) is 0 Å². The van der Waals surface area contributed by atoms with Gasteiger partial charge in [0.15, 0.2) is 11.5 Å². The molecule has 0 amide bonds. The highest BCUT2D eigenvalue weighted by Gasteiger charge is 2.18. The maximum absolute atomic E-state index is 6.02. The smallest absolute Gasteiger partial charge is 0.151 e. The number of benzene rings is 4. The molecule has 2 heterocycles. The van der Waals surface area contributed by atoms with E-state index in [-0.39, 0.29) is 0 Å². The molecular formula is C24H16N2OS. The van der Waals surface area contributed by atoms with E-state index in [1.165, 1.54) is 15.4 Å². The summed E-state index contributed by atoms with van der Waals surface area (Å²) in [5.74, 6) is 1.71. The Morgan fingerprint density at radius 3 is 2.11 bits per heavy atom. The lowest BCUT2D eigenvalue weighted by Gasteiger charge is -2.23. The molecule has 0 unspecified atom stereocenters. The molecule has 2 aliphatic heterocycles. The largest absolute Gasteiger partial charge is 0.453 e. The van der Waals surface area contributed by atoms with E-state index in [2.05, 4.69) is 65.2 Å². The van der Waals surface area contributed by atoms with Crippen molar-refractivity contribution < 1.29 is 4.74 Å². The van der Waals surface area contributed by atoms with Crippen molar-refractivity contribution in [3.63, 3.8) is 0 Å². The van der Waals surface area contributed by atoms with E-state index in [0.29, 0.717) is 0 Å². The molecule has 0 radical (unpaired) electrons. The minimum Gasteiger partial charge on any atom is -0.453 e. The van der Waals surface area contributed by atoms with Crippen LogP contribution in [0.25, 0.3) is 11.1 Å². The third kappa shape index (κ3) is 2.53. The molecule has 4 aromatic carbocycles. The van der Waals surface area contributed by atoms with Gasteiger partial charge in [0.05, 0.1) is 22.7 Å². The van der Waals surface area contributed by atoms with E-state index >= 15 is 0 Å². The summed E-state index contributed by atoms with van der Waals surface area (Å²) in [6.45, 7) is 0. The highest BCUT2D eigenvalue weighted by Crippen LogP contribution is 2.46. The normalized spacial score (nSPS) is 13.0. The monoisotopic (exact) mass is 380 g/mol. The number of ether oxygens (including phenoxy) is 1. The van der Waals surface area contributed by atoms with Gasteiger partial charge >= 0.3 is 0 Å². The van der Waals surface area contributed by atoms with Gasteiger partial charge in [0.25, 0.3) is 0 Å². The molecule has 2 N–H and O–H groups in total. The molecule has 0 saturated heterocycles. The molecular weight excluding hydrogens is 364 g/mol. The van der Waals surface area contributed by atoms with Gasteiger partial charge in [0.2, 0.25) is 0 Å². The number of hydrogen-bond donors (Lipinski definition) is 2. The summed E-state index contributed by atoms with van der Waals surface area (Å²) in [6.07, 6.45) is 0. The minimum absolute atomic E-state index is 0.850. The molecule has 6 rings (SSSR count). The van der Waals surface area contributed by atoms with Gasteiger partial charge in [0.1, 0.15) is 0 Å². The second kappa shape index (κ2) is 6.08. The average Bonchev–Trinajstić information content (AvgIpc) is 2.75. The zero-order valence-corrected chi connectivity index (χ0v) is 15.7. The molecule has 0 saturated carbocycles. The van der Waals surface area contributed by atoms with Gasteiger partial charge in [-0.15, -0.1) is 0 Å². The molecule has 4 heteroatoms.